The molecule has 0 aliphatic rings. The summed E-state index contributed by atoms with van der Waals surface area (Å²) in [4.78, 5) is 8.63. The van der Waals surface area contributed by atoms with Gasteiger partial charge < -0.3 is 4.98 Å². The highest BCUT2D eigenvalue weighted by Gasteiger charge is 2.01. The number of hydrogen-bond donors (Lipinski definition) is 1. The molecular weight excluding hydrogens is 268 g/mol. The van der Waals surface area contributed by atoms with Crippen LogP contribution in [0.2, 0.25) is 0 Å². The van der Waals surface area contributed by atoms with E-state index in [0.717, 1.165) is 28.1 Å². The largest absolute Gasteiger partial charge is 0.361 e. The number of aromatic nitrogens is 2. The second-order valence-electron chi connectivity index (χ2n) is 4.48. The van der Waals surface area contributed by atoms with Crippen molar-refractivity contribution in [3.8, 4) is 0 Å². The first kappa shape index (κ1) is 12.9. The Labute approximate surface area is 121 Å². The van der Waals surface area contributed by atoms with Gasteiger partial charge in [0, 0.05) is 34.6 Å². The van der Waals surface area contributed by atoms with Crippen LogP contribution < -0.4 is 4.80 Å². The summed E-state index contributed by atoms with van der Waals surface area (Å²) in [5.41, 5.74) is 3.30. The van der Waals surface area contributed by atoms with Gasteiger partial charge >= 0.3 is 0 Å². The van der Waals surface area contributed by atoms with Gasteiger partial charge in [-0.25, -0.2) is 4.68 Å². The van der Waals surface area contributed by atoms with Crippen LogP contribution in [0.4, 0.5) is 0 Å². The second-order valence-corrected chi connectivity index (χ2v) is 5.32. The molecule has 0 bridgehead atoms. The zero-order valence-electron chi connectivity index (χ0n) is 11.5. The van der Waals surface area contributed by atoms with Crippen molar-refractivity contribution in [1.29, 1.82) is 0 Å². The van der Waals surface area contributed by atoms with Gasteiger partial charge in [0.1, 0.15) is 0 Å². The third-order valence-electron chi connectivity index (χ3n) is 3.08. The number of benzene rings is 1. The summed E-state index contributed by atoms with van der Waals surface area (Å²) < 4.78 is 1.88. The molecule has 2 aromatic heterocycles. The van der Waals surface area contributed by atoms with Crippen LogP contribution in [0.1, 0.15) is 18.2 Å². The normalized spacial score (nSPS) is 12.8. The van der Waals surface area contributed by atoms with Crippen molar-refractivity contribution in [3.63, 3.8) is 0 Å². The topological polar surface area (TPSA) is 45.4 Å². The molecule has 0 aliphatic heterocycles. The first-order valence-corrected chi connectivity index (χ1v) is 7.45. The van der Waals surface area contributed by atoms with Gasteiger partial charge in [-0.3, -0.25) is 4.99 Å². The molecule has 0 saturated heterocycles. The molecular formula is C15H16N4S. The van der Waals surface area contributed by atoms with Crippen molar-refractivity contribution in [2.75, 3.05) is 6.54 Å². The third kappa shape index (κ3) is 2.32. The van der Waals surface area contributed by atoms with E-state index in [0.29, 0.717) is 0 Å². The van der Waals surface area contributed by atoms with E-state index in [-0.39, 0.29) is 0 Å². The fourth-order valence-electron chi connectivity index (χ4n) is 2.09. The van der Waals surface area contributed by atoms with Crippen molar-refractivity contribution < 1.29 is 0 Å². The van der Waals surface area contributed by atoms with Gasteiger partial charge in [-0.1, -0.05) is 18.2 Å². The minimum Gasteiger partial charge on any atom is -0.361 e. The predicted octanol–water partition coefficient (Wildman–Crippen LogP) is 3.14. The van der Waals surface area contributed by atoms with Gasteiger partial charge in [-0.2, -0.15) is 5.10 Å². The third-order valence-corrected chi connectivity index (χ3v) is 4.05. The van der Waals surface area contributed by atoms with Gasteiger partial charge in [-0.05, 0) is 19.9 Å². The van der Waals surface area contributed by atoms with Crippen LogP contribution >= 0.6 is 11.3 Å². The molecule has 3 rings (SSSR count). The van der Waals surface area contributed by atoms with Crippen molar-refractivity contribution in [2.45, 2.75) is 13.8 Å². The number of thiazole rings is 1. The lowest BCUT2D eigenvalue weighted by Gasteiger charge is -1.97. The monoisotopic (exact) mass is 284 g/mol. The fourth-order valence-corrected chi connectivity index (χ4v) is 2.96. The average molecular weight is 284 g/mol. The Balaban J connectivity index is 2.03. The lowest BCUT2D eigenvalue weighted by Crippen LogP contribution is -2.12. The highest BCUT2D eigenvalue weighted by Crippen LogP contribution is 2.15. The van der Waals surface area contributed by atoms with Crippen LogP contribution in [-0.2, 0) is 0 Å². The maximum atomic E-state index is 4.57. The molecule has 0 aliphatic carbocycles. The number of nitrogens with one attached hydrogen (secondary N) is 1. The molecule has 1 aromatic carbocycles. The summed E-state index contributed by atoms with van der Waals surface area (Å²) in [6.45, 7) is 4.84. The van der Waals surface area contributed by atoms with Gasteiger partial charge in [0.25, 0.3) is 0 Å². The van der Waals surface area contributed by atoms with Gasteiger partial charge in [0.15, 0.2) is 0 Å². The molecule has 0 fully saturated rings. The van der Waals surface area contributed by atoms with Crippen molar-refractivity contribution >= 4 is 28.5 Å². The summed E-state index contributed by atoms with van der Waals surface area (Å²) in [6, 6.07) is 8.22. The molecule has 0 saturated carbocycles. The maximum Gasteiger partial charge on any atom is 0.205 e. The van der Waals surface area contributed by atoms with E-state index in [4.69, 9.17) is 0 Å². The standard InChI is InChI=1S/C15H16N4S/c1-3-16-15-19(11(2)10-20-15)18-9-12-8-17-14-7-5-4-6-13(12)14/h4-10,17H,3H2,1-2H3. The smallest absolute Gasteiger partial charge is 0.205 e. The molecule has 0 spiro atoms. The van der Waals surface area contributed by atoms with E-state index in [2.05, 4.69) is 32.6 Å². The van der Waals surface area contributed by atoms with E-state index < -0.39 is 0 Å². The van der Waals surface area contributed by atoms with Gasteiger partial charge in [0.2, 0.25) is 4.80 Å². The van der Waals surface area contributed by atoms with E-state index in [9.17, 15) is 0 Å². The van der Waals surface area contributed by atoms with Crippen molar-refractivity contribution in [2.24, 2.45) is 10.1 Å². The number of nitrogens with zero attached hydrogens (tertiary/aromatic N) is 3. The Kier molecular flexibility index (Phi) is 3.52. The second kappa shape index (κ2) is 5.46. The van der Waals surface area contributed by atoms with Crippen LogP contribution in [-0.4, -0.2) is 22.4 Å². The quantitative estimate of drug-likeness (QED) is 0.718. The highest BCUT2D eigenvalue weighted by atomic mass is 32.1. The molecule has 4 nitrogen and oxygen atoms in total. The molecule has 0 radical (unpaired) electrons. The highest BCUT2D eigenvalue weighted by molar-refractivity contribution is 7.07. The molecule has 5 heteroatoms. The number of H-pyrrole nitrogens is 1. The fraction of sp³-hybridized carbons (Fsp3) is 0.200. The zero-order valence-corrected chi connectivity index (χ0v) is 12.3. The van der Waals surface area contributed by atoms with Crippen LogP contribution in [0.15, 0.2) is 45.9 Å². The molecule has 1 N–H and O–H groups in total. The number of fused-ring (bicyclic) bond motifs is 1. The average Bonchev–Trinajstić information content (AvgIpc) is 3.02. The lowest BCUT2D eigenvalue weighted by molar-refractivity contribution is 0.794. The first-order valence-electron chi connectivity index (χ1n) is 6.57. The maximum absolute atomic E-state index is 4.57. The zero-order chi connectivity index (χ0) is 13.9. The SMILES string of the molecule is CCN=c1scc(C)n1N=Cc1c[nH]c2ccccc12. The van der Waals surface area contributed by atoms with Gasteiger partial charge in [-0.15, -0.1) is 11.3 Å². The van der Waals surface area contributed by atoms with Crippen LogP contribution in [0.25, 0.3) is 10.9 Å². The van der Waals surface area contributed by atoms with Crippen LogP contribution in [0.3, 0.4) is 0 Å². The van der Waals surface area contributed by atoms with E-state index in [1.54, 1.807) is 11.3 Å². The minimum atomic E-state index is 0.766. The molecule has 0 amide bonds. The minimum absolute atomic E-state index is 0.766. The number of aryl methyl sites for hydroxylation is 1. The number of para-hydroxylation sites is 1. The van der Waals surface area contributed by atoms with Crippen LogP contribution in [0.5, 0.6) is 0 Å². The summed E-state index contributed by atoms with van der Waals surface area (Å²) in [5.74, 6) is 0. The Bertz CT molecular complexity index is 820. The predicted molar refractivity (Wildman–Crippen MR) is 84.4 cm³/mol. The Morgan fingerprint density at radius 3 is 3.05 bits per heavy atom. The Morgan fingerprint density at radius 2 is 2.20 bits per heavy atom. The Morgan fingerprint density at radius 1 is 1.35 bits per heavy atom. The summed E-state index contributed by atoms with van der Waals surface area (Å²) in [5, 5.41) is 7.82. The molecule has 3 aromatic rings. The van der Waals surface area contributed by atoms with Crippen molar-refractivity contribution in [1.82, 2.24) is 9.66 Å². The molecule has 0 unspecified atom stereocenters. The molecule has 102 valence electrons. The number of aromatic amines is 1. The molecule has 0 atom stereocenters. The molecule has 2 heterocycles. The number of rotatable bonds is 3. The van der Waals surface area contributed by atoms with Crippen LogP contribution in [0, 0.1) is 6.92 Å². The number of hydrogen-bond acceptors (Lipinski definition) is 3. The Hall–Kier alpha value is -2.14. The van der Waals surface area contributed by atoms with E-state index in [1.165, 1.54) is 5.39 Å². The summed E-state index contributed by atoms with van der Waals surface area (Å²) >= 11 is 1.62. The first-order chi connectivity index (χ1) is 9.79. The van der Waals surface area contributed by atoms with E-state index >= 15 is 0 Å². The van der Waals surface area contributed by atoms with Crippen molar-refractivity contribution in [3.05, 3.63) is 51.9 Å². The lowest BCUT2D eigenvalue weighted by atomic mass is 10.2. The summed E-state index contributed by atoms with van der Waals surface area (Å²) in [6.07, 6.45) is 3.86. The molecule has 20 heavy (non-hydrogen) atoms. The summed E-state index contributed by atoms with van der Waals surface area (Å²) in [7, 11) is 0. The van der Waals surface area contributed by atoms with Gasteiger partial charge in [0.05, 0.1) is 11.9 Å². The van der Waals surface area contributed by atoms with E-state index in [1.807, 2.05) is 43.1 Å².